The van der Waals surface area contributed by atoms with Crippen LogP contribution < -0.4 is 10.1 Å². The van der Waals surface area contributed by atoms with Crippen molar-refractivity contribution in [1.29, 1.82) is 0 Å². The maximum absolute atomic E-state index is 12.7. The second kappa shape index (κ2) is 6.59. The van der Waals surface area contributed by atoms with E-state index in [1.54, 1.807) is 18.2 Å². The Morgan fingerprint density at radius 2 is 1.95 bits per heavy atom. The number of benzene rings is 1. The topological polar surface area (TPSA) is 34.1 Å². The van der Waals surface area contributed by atoms with Crippen LogP contribution in [-0.4, -0.2) is 18.1 Å². The minimum Gasteiger partial charge on any atom is -0.492 e. The molecular weight excluding hydrogens is 290 g/mol. The molecular formula is C13H11Cl2FN2O. The molecule has 1 heterocycles. The molecule has 1 aromatic heterocycles. The van der Waals surface area contributed by atoms with E-state index in [2.05, 4.69) is 10.3 Å². The molecule has 0 radical (unpaired) electrons. The van der Waals surface area contributed by atoms with Crippen molar-refractivity contribution in [1.82, 2.24) is 4.98 Å². The van der Waals surface area contributed by atoms with Crippen molar-refractivity contribution < 1.29 is 9.13 Å². The van der Waals surface area contributed by atoms with Crippen LogP contribution in [0.25, 0.3) is 0 Å². The third-order valence-corrected chi connectivity index (χ3v) is 2.78. The Bertz CT molecular complexity index is 549. The van der Waals surface area contributed by atoms with Crippen molar-refractivity contribution in [3.63, 3.8) is 0 Å². The summed E-state index contributed by atoms with van der Waals surface area (Å²) in [6.07, 6.45) is 1.51. The highest BCUT2D eigenvalue weighted by molar-refractivity contribution is 6.35. The van der Waals surface area contributed by atoms with E-state index in [9.17, 15) is 4.39 Å². The molecule has 0 aliphatic heterocycles. The maximum Gasteiger partial charge on any atom is 0.144 e. The van der Waals surface area contributed by atoms with Gasteiger partial charge in [0.2, 0.25) is 0 Å². The Hall–Kier alpha value is -1.52. The zero-order chi connectivity index (χ0) is 13.7. The highest BCUT2D eigenvalue weighted by Crippen LogP contribution is 2.22. The average molecular weight is 301 g/mol. The van der Waals surface area contributed by atoms with E-state index in [1.165, 1.54) is 18.3 Å². The van der Waals surface area contributed by atoms with Gasteiger partial charge in [-0.15, -0.1) is 0 Å². The fraction of sp³-hybridized carbons (Fsp3) is 0.154. The molecule has 0 saturated heterocycles. The third kappa shape index (κ3) is 4.26. The van der Waals surface area contributed by atoms with E-state index in [-0.39, 0.29) is 5.82 Å². The van der Waals surface area contributed by atoms with Gasteiger partial charge in [0.15, 0.2) is 0 Å². The van der Waals surface area contributed by atoms with E-state index in [4.69, 9.17) is 27.9 Å². The lowest BCUT2D eigenvalue weighted by Crippen LogP contribution is -2.12. The molecule has 0 unspecified atom stereocenters. The number of nitrogens with zero attached hydrogens (tertiary/aromatic N) is 1. The van der Waals surface area contributed by atoms with Crippen LogP contribution in [0.2, 0.25) is 10.0 Å². The summed E-state index contributed by atoms with van der Waals surface area (Å²) >= 11 is 11.7. The first-order chi connectivity index (χ1) is 9.15. The summed E-state index contributed by atoms with van der Waals surface area (Å²) in [5.74, 6) is 0.870. The molecule has 0 amide bonds. The van der Waals surface area contributed by atoms with Crippen LogP contribution in [0.1, 0.15) is 0 Å². The van der Waals surface area contributed by atoms with E-state index < -0.39 is 0 Å². The Labute approximate surface area is 120 Å². The largest absolute Gasteiger partial charge is 0.492 e. The van der Waals surface area contributed by atoms with Crippen LogP contribution in [0.3, 0.4) is 0 Å². The molecule has 3 nitrogen and oxygen atoms in total. The fourth-order valence-corrected chi connectivity index (χ4v) is 1.86. The van der Waals surface area contributed by atoms with Crippen LogP contribution >= 0.6 is 23.2 Å². The summed E-state index contributed by atoms with van der Waals surface area (Å²) in [6.45, 7) is 0.929. The molecule has 2 aromatic rings. The molecule has 1 N–H and O–H groups in total. The smallest absolute Gasteiger partial charge is 0.144 e. The number of hydrogen-bond donors (Lipinski definition) is 1. The second-order valence-electron chi connectivity index (χ2n) is 3.71. The normalized spacial score (nSPS) is 10.3. The van der Waals surface area contributed by atoms with Crippen molar-refractivity contribution in [3.8, 4) is 5.75 Å². The van der Waals surface area contributed by atoms with Gasteiger partial charge in [0, 0.05) is 6.20 Å². The summed E-state index contributed by atoms with van der Waals surface area (Å²) in [5, 5.41) is 3.96. The Morgan fingerprint density at radius 1 is 1.21 bits per heavy atom. The molecule has 0 spiro atoms. The SMILES string of the molecule is Fc1ccc(OCCNc2ncc(Cl)cc2Cl)cc1. The number of nitrogens with one attached hydrogen (secondary N) is 1. The Kier molecular flexibility index (Phi) is 4.82. The lowest BCUT2D eigenvalue weighted by atomic mass is 10.3. The maximum atomic E-state index is 12.7. The van der Waals surface area contributed by atoms with E-state index in [1.807, 2.05) is 0 Å². The monoisotopic (exact) mass is 300 g/mol. The van der Waals surface area contributed by atoms with Crippen LogP contribution in [0, 0.1) is 5.82 Å². The standard InChI is InChI=1S/C13H11Cl2FN2O/c14-9-7-12(15)13(18-8-9)17-5-6-19-11-3-1-10(16)2-4-11/h1-4,7-8H,5-6H2,(H,17,18). The summed E-state index contributed by atoms with van der Waals surface area (Å²) in [7, 11) is 0. The van der Waals surface area contributed by atoms with E-state index in [0.717, 1.165) is 0 Å². The molecule has 1 aromatic carbocycles. The first kappa shape index (κ1) is 13.9. The van der Waals surface area contributed by atoms with Gasteiger partial charge in [0.25, 0.3) is 0 Å². The number of pyridine rings is 1. The van der Waals surface area contributed by atoms with Gasteiger partial charge >= 0.3 is 0 Å². The lowest BCUT2D eigenvalue weighted by Gasteiger charge is -2.09. The number of ether oxygens (including phenoxy) is 1. The molecule has 19 heavy (non-hydrogen) atoms. The number of halogens is 3. The van der Waals surface area contributed by atoms with Crippen molar-refractivity contribution in [3.05, 3.63) is 52.4 Å². The zero-order valence-electron chi connectivity index (χ0n) is 9.87. The van der Waals surface area contributed by atoms with Crippen LogP contribution in [0.5, 0.6) is 5.75 Å². The molecule has 0 aliphatic rings. The van der Waals surface area contributed by atoms with Gasteiger partial charge in [-0.05, 0) is 30.3 Å². The Balaban J connectivity index is 1.79. The van der Waals surface area contributed by atoms with Gasteiger partial charge in [-0.3, -0.25) is 0 Å². The number of hydrogen-bond acceptors (Lipinski definition) is 3. The summed E-state index contributed by atoms with van der Waals surface area (Å²) in [6, 6.07) is 7.45. The van der Waals surface area contributed by atoms with Crippen molar-refractivity contribution in [2.24, 2.45) is 0 Å². The minimum absolute atomic E-state index is 0.289. The van der Waals surface area contributed by atoms with Crippen LogP contribution in [0.15, 0.2) is 36.5 Å². The van der Waals surface area contributed by atoms with Gasteiger partial charge in [0.1, 0.15) is 24.0 Å². The predicted molar refractivity (Wildman–Crippen MR) is 74.6 cm³/mol. The first-order valence-corrected chi connectivity index (χ1v) is 6.34. The highest BCUT2D eigenvalue weighted by Gasteiger charge is 2.02. The number of anilines is 1. The van der Waals surface area contributed by atoms with Crippen LogP contribution in [0.4, 0.5) is 10.2 Å². The third-order valence-electron chi connectivity index (χ3n) is 2.28. The fourth-order valence-electron chi connectivity index (χ4n) is 1.41. The number of rotatable bonds is 5. The van der Waals surface area contributed by atoms with Crippen molar-refractivity contribution >= 4 is 29.0 Å². The van der Waals surface area contributed by atoms with Crippen molar-refractivity contribution in [2.45, 2.75) is 0 Å². The summed E-state index contributed by atoms with van der Waals surface area (Å²) in [4.78, 5) is 4.05. The lowest BCUT2D eigenvalue weighted by molar-refractivity contribution is 0.332. The van der Waals surface area contributed by atoms with Gasteiger partial charge in [-0.1, -0.05) is 23.2 Å². The van der Waals surface area contributed by atoms with E-state index >= 15 is 0 Å². The molecule has 0 saturated carbocycles. The molecule has 0 atom stereocenters. The van der Waals surface area contributed by atoms with Crippen LogP contribution in [-0.2, 0) is 0 Å². The summed E-state index contributed by atoms with van der Waals surface area (Å²) in [5.41, 5.74) is 0. The zero-order valence-corrected chi connectivity index (χ0v) is 11.4. The molecule has 100 valence electrons. The minimum atomic E-state index is -0.289. The predicted octanol–water partition coefficient (Wildman–Crippen LogP) is 4.02. The quantitative estimate of drug-likeness (QED) is 0.847. The van der Waals surface area contributed by atoms with Gasteiger partial charge < -0.3 is 10.1 Å². The van der Waals surface area contributed by atoms with Gasteiger partial charge in [-0.2, -0.15) is 0 Å². The van der Waals surface area contributed by atoms with Crippen molar-refractivity contribution in [2.75, 3.05) is 18.5 Å². The number of aromatic nitrogens is 1. The highest BCUT2D eigenvalue weighted by atomic mass is 35.5. The van der Waals surface area contributed by atoms with Gasteiger partial charge in [0.05, 0.1) is 16.6 Å². The van der Waals surface area contributed by atoms with Gasteiger partial charge in [-0.25, -0.2) is 9.37 Å². The Morgan fingerprint density at radius 3 is 2.63 bits per heavy atom. The first-order valence-electron chi connectivity index (χ1n) is 5.58. The molecule has 0 bridgehead atoms. The second-order valence-corrected chi connectivity index (χ2v) is 4.56. The van der Waals surface area contributed by atoms with E-state index in [0.29, 0.717) is 34.8 Å². The summed E-state index contributed by atoms with van der Waals surface area (Å²) < 4.78 is 18.1. The molecule has 0 aliphatic carbocycles. The molecule has 0 fully saturated rings. The molecule has 2 rings (SSSR count). The molecule has 6 heteroatoms. The average Bonchev–Trinajstić information content (AvgIpc) is 2.39.